The van der Waals surface area contributed by atoms with Crippen molar-refractivity contribution in [2.45, 2.75) is 204 Å². The number of unbranched alkanes of at least 4 members (excludes halogenated alkanes) is 17. The van der Waals surface area contributed by atoms with Crippen molar-refractivity contribution < 1.29 is 44.9 Å². The van der Waals surface area contributed by atoms with Crippen LogP contribution >= 0.6 is 0 Å². The van der Waals surface area contributed by atoms with Crippen LogP contribution in [0.4, 0.5) is 0 Å². The molecule has 1 amide bonds. The maximum absolute atomic E-state index is 12.9. The molecule has 10 heteroatoms. The number of nitrogens with one attached hydrogen (secondary N) is 1. The van der Waals surface area contributed by atoms with E-state index in [0.717, 1.165) is 57.8 Å². The van der Waals surface area contributed by atoms with Gasteiger partial charge in [-0.05, 0) is 32.1 Å². The number of rotatable bonds is 30. The first-order chi connectivity index (χ1) is 22.8. The molecule has 278 valence electrons. The highest BCUT2D eigenvalue weighted by Crippen LogP contribution is 2.23. The van der Waals surface area contributed by atoms with Crippen LogP contribution in [0.3, 0.4) is 0 Å². The van der Waals surface area contributed by atoms with E-state index in [2.05, 4.69) is 31.3 Å². The van der Waals surface area contributed by atoms with Crippen molar-refractivity contribution in [1.82, 2.24) is 5.32 Å². The van der Waals surface area contributed by atoms with Crippen molar-refractivity contribution in [3.05, 3.63) is 12.2 Å². The Kier molecular flexibility index (Phi) is 26.8. The predicted octanol–water partition coefficient (Wildman–Crippen LogP) is 5.19. The smallest absolute Gasteiger partial charge is 0.249 e. The number of aliphatic hydroxyl groups is 6. The molecule has 47 heavy (non-hydrogen) atoms. The van der Waals surface area contributed by atoms with Crippen molar-refractivity contribution in [2.24, 2.45) is 0 Å². The summed E-state index contributed by atoms with van der Waals surface area (Å²) < 4.78 is 11.1. The molecule has 1 aliphatic heterocycles. The molecule has 8 unspecified atom stereocenters. The first-order valence-electron chi connectivity index (χ1n) is 19.0. The van der Waals surface area contributed by atoms with Crippen LogP contribution in [0.1, 0.15) is 155 Å². The Hall–Kier alpha value is -1.11. The molecule has 1 aliphatic rings. The normalized spacial score (nSPS) is 23.6. The van der Waals surface area contributed by atoms with Gasteiger partial charge < -0.3 is 45.4 Å². The summed E-state index contributed by atoms with van der Waals surface area (Å²) in [5.41, 5.74) is 0. The highest BCUT2D eigenvalue weighted by atomic mass is 16.7. The summed E-state index contributed by atoms with van der Waals surface area (Å²) in [6.07, 6.45) is 18.4. The van der Waals surface area contributed by atoms with E-state index < -0.39 is 61.5 Å². The first kappa shape index (κ1) is 43.9. The van der Waals surface area contributed by atoms with E-state index in [1.165, 1.54) is 64.2 Å². The standard InChI is InChI=1S/C37H71NO9/c1-3-5-7-9-11-13-15-16-18-19-21-23-25-30(40)29(28-46-37-35(44)34(43)33(42)32(27-39)47-37)38-36(45)31(41)26-24-22-20-17-14-12-10-8-6-4-2/h10,12,29-35,37,39-44H,3-9,11,13-28H2,1-2H3,(H,38,45)/b12-10-. The van der Waals surface area contributed by atoms with Gasteiger partial charge in [0.2, 0.25) is 5.91 Å². The summed E-state index contributed by atoms with van der Waals surface area (Å²) in [6, 6.07) is -0.892. The van der Waals surface area contributed by atoms with E-state index in [1.54, 1.807) is 0 Å². The van der Waals surface area contributed by atoms with E-state index in [4.69, 9.17) is 9.47 Å². The molecular formula is C37H71NO9. The van der Waals surface area contributed by atoms with Crippen LogP contribution in [0.5, 0.6) is 0 Å². The van der Waals surface area contributed by atoms with Crippen LogP contribution in [-0.4, -0.2) is 98.7 Å². The maximum atomic E-state index is 12.9. The zero-order valence-electron chi connectivity index (χ0n) is 29.7. The number of ether oxygens (including phenoxy) is 2. The Morgan fingerprint density at radius 3 is 1.79 bits per heavy atom. The van der Waals surface area contributed by atoms with Crippen molar-refractivity contribution >= 4 is 5.91 Å². The van der Waals surface area contributed by atoms with Crippen molar-refractivity contribution in [3.63, 3.8) is 0 Å². The van der Waals surface area contributed by atoms with Gasteiger partial charge in [-0.25, -0.2) is 0 Å². The van der Waals surface area contributed by atoms with E-state index in [-0.39, 0.29) is 6.61 Å². The molecule has 0 aromatic carbocycles. The number of carbonyl (C=O) groups excluding carboxylic acids is 1. The van der Waals surface area contributed by atoms with Gasteiger partial charge in [0.25, 0.3) is 0 Å². The Labute approximate surface area is 285 Å². The zero-order valence-corrected chi connectivity index (χ0v) is 29.7. The topological polar surface area (TPSA) is 169 Å². The van der Waals surface area contributed by atoms with Crippen LogP contribution in [0, 0.1) is 0 Å². The van der Waals surface area contributed by atoms with Gasteiger partial charge in [0.1, 0.15) is 30.5 Å². The molecule has 0 radical (unpaired) electrons. The summed E-state index contributed by atoms with van der Waals surface area (Å²) >= 11 is 0. The van der Waals surface area contributed by atoms with E-state index >= 15 is 0 Å². The van der Waals surface area contributed by atoms with Crippen molar-refractivity contribution in [2.75, 3.05) is 13.2 Å². The fourth-order valence-corrected chi connectivity index (χ4v) is 5.97. The molecule has 0 aromatic heterocycles. The fourth-order valence-electron chi connectivity index (χ4n) is 5.97. The van der Waals surface area contributed by atoms with Gasteiger partial charge in [-0.3, -0.25) is 4.79 Å². The lowest BCUT2D eigenvalue weighted by molar-refractivity contribution is -0.302. The van der Waals surface area contributed by atoms with Crippen LogP contribution in [0.2, 0.25) is 0 Å². The number of hydrogen-bond acceptors (Lipinski definition) is 9. The molecule has 1 fully saturated rings. The van der Waals surface area contributed by atoms with Crippen LogP contribution in [0.25, 0.3) is 0 Å². The second-order valence-electron chi connectivity index (χ2n) is 13.5. The highest BCUT2D eigenvalue weighted by molar-refractivity contribution is 5.80. The fraction of sp³-hybridized carbons (Fsp3) is 0.919. The number of amides is 1. The minimum atomic E-state index is -1.59. The molecule has 0 saturated carbocycles. The quantitative estimate of drug-likeness (QED) is 0.0401. The third-order valence-corrected chi connectivity index (χ3v) is 9.23. The number of allylic oxidation sites excluding steroid dienone is 2. The highest BCUT2D eigenvalue weighted by Gasteiger charge is 2.44. The lowest BCUT2D eigenvalue weighted by Crippen LogP contribution is -2.60. The average molecular weight is 674 g/mol. The predicted molar refractivity (Wildman–Crippen MR) is 186 cm³/mol. The van der Waals surface area contributed by atoms with Crippen LogP contribution < -0.4 is 5.32 Å². The summed E-state index contributed by atoms with van der Waals surface area (Å²) in [4.78, 5) is 12.9. The maximum Gasteiger partial charge on any atom is 0.249 e. The third-order valence-electron chi connectivity index (χ3n) is 9.23. The third kappa shape index (κ3) is 20.2. The van der Waals surface area contributed by atoms with Crippen molar-refractivity contribution in [1.29, 1.82) is 0 Å². The second kappa shape index (κ2) is 28.7. The Morgan fingerprint density at radius 2 is 1.21 bits per heavy atom. The molecule has 0 spiro atoms. The van der Waals surface area contributed by atoms with Crippen LogP contribution in [-0.2, 0) is 14.3 Å². The van der Waals surface area contributed by atoms with Crippen LogP contribution in [0.15, 0.2) is 12.2 Å². The molecule has 1 saturated heterocycles. The number of carbonyl (C=O) groups is 1. The molecule has 0 bridgehead atoms. The largest absolute Gasteiger partial charge is 0.394 e. The summed E-state index contributed by atoms with van der Waals surface area (Å²) in [7, 11) is 0. The molecular weight excluding hydrogens is 602 g/mol. The lowest BCUT2D eigenvalue weighted by atomic mass is 9.99. The minimum absolute atomic E-state index is 0.258. The van der Waals surface area contributed by atoms with E-state index in [0.29, 0.717) is 19.3 Å². The van der Waals surface area contributed by atoms with Gasteiger partial charge >= 0.3 is 0 Å². The Morgan fingerprint density at radius 1 is 0.702 bits per heavy atom. The number of hydrogen-bond donors (Lipinski definition) is 7. The number of aliphatic hydroxyl groups excluding tert-OH is 6. The van der Waals surface area contributed by atoms with E-state index in [1.807, 2.05) is 0 Å². The van der Waals surface area contributed by atoms with Gasteiger partial charge in [-0.1, -0.05) is 135 Å². The molecule has 7 N–H and O–H groups in total. The van der Waals surface area contributed by atoms with E-state index in [9.17, 15) is 35.4 Å². The summed E-state index contributed by atoms with van der Waals surface area (Å²) in [5.74, 6) is -0.597. The molecule has 1 heterocycles. The molecule has 8 atom stereocenters. The van der Waals surface area contributed by atoms with Gasteiger partial charge in [-0.15, -0.1) is 0 Å². The van der Waals surface area contributed by atoms with Crippen molar-refractivity contribution in [3.8, 4) is 0 Å². The Bertz CT molecular complexity index is 768. The first-order valence-corrected chi connectivity index (χ1v) is 19.0. The zero-order chi connectivity index (χ0) is 34.7. The second-order valence-corrected chi connectivity index (χ2v) is 13.5. The molecule has 0 aromatic rings. The summed E-state index contributed by atoms with van der Waals surface area (Å²) in [5, 5.41) is 64.3. The Balaban J connectivity index is 2.52. The molecule has 1 rings (SSSR count). The SMILES string of the molecule is CCCC/C=C\CCCCCCC(O)C(=O)NC(COC1OC(CO)C(O)C(O)C1O)C(O)CCCCCCCCCCCCCC. The van der Waals surface area contributed by atoms with Gasteiger partial charge in [0, 0.05) is 0 Å². The average Bonchev–Trinajstić information content (AvgIpc) is 3.07. The molecule has 0 aliphatic carbocycles. The monoisotopic (exact) mass is 674 g/mol. The minimum Gasteiger partial charge on any atom is -0.394 e. The summed E-state index contributed by atoms with van der Waals surface area (Å²) in [6.45, 7) is 3.57. The lowest BCUT2D eigenvalue weighted by Gasteiger charge is -2.40. The van der Waals surface area contributed by atoms with Gasteiger partial charge in [0.05, 0.1) is 25.4 Å². The van der Waals surface area contributed by atoms with Gasteiger partial charge in [0.15, 0.2) is 6.29 Å². The van der Waals surface area contributed by atoms with Gasteiger partial charge in [-0.2, -0.15) is 0 Å². The molecule has 10 nitrogen and oxygen atoms in total.